The van der Waals surface area contributed by atoms with Gasteiger partial charge in [-0.2, -0.15) is 5.10 Å². The second-order valence-electron chi connectivity index (χ2n) is 3.75. The summed E-state index contributed by atoms with van der Waals surface area (Å²) >= 11 is 0. The molecule has 0 aromatic carbocycles. The molecule has 1 aliphatic rings. The lowest BCUT2D eigenvalue weighted by Gasteiger charge is -2.24. The Bertz CT molecular complexity index is 276. The fraction of sp³-hybridized carbons (Fsp3) is 0.778. The van der Waals surface area contributed by atoms with Gasteiger partial charge in [-0.1, -0.05) is 0 Å². The predicted molar refractivity (Wildman–Crippen MR) is 48.2 cm³/mol. The molecule has 1 heterocycles. The van der Waals surface area contributed by atoms with Crippen LogP contribution >= 0.6 is 0 Å². The van der Waals surface area contributed by atoms with Crippen LogP contribution in [0.25, 0.3) is 0 Å². The lowest BCUT2D eigenvalue weighted by atomic mass is 9.87. The van der Waals surface area contributed by atoms with E-state index in [1.165, 1.54) is 0 Å². The van der Waals surface area contributed by atoms with Crippen LogP contribution in [-0.2, 0) is 7.05 Å². The summed E-state index contributed by atoms with van der Waals surface area (Å²) in [5.41, 5.74) is 0. The number of aryl methyl sites for hydroxylation is 1. The highest BCUT2D eigenvalue weighted by atomic mass is 16.3. The molecule has 13 heavy (non-hydrogen) atoms. The normalized spacial score (nSPS) is 29.1. The molecule has 1 aliphatic carbocycles. The maximum Gasteiger partial charge on any atom is 0.138 e. The van der Waals surface area contributed by atoms with E-state index >= 15 is 0 Å². The minimum Gasteiger partial charge on any atom is -0.393 e. The first-order valence-corrected chi connectivity index (χ1v) is 4.79. The summed E-state index contributed by atoms with van der Waals surface area (Å²) in [6, 6.07) is 0. The fourth-order valence-electron chi connectivity index (χ4n) is 2.01. The van der Waals surface area contributed by atoms with E-state index in [1.807, 2.05) is 11.7 Å². The van der Waals surface area contributed by atoms with Crippen molar-refractivity contribution in [2.75, 3.05) is 0 Å². The van der Waals surface area contributed by atoms with Gasteiger partial charge in [-0.3, -0.25) is 4.68 Å². The number of hydrogen-bond acceptors (Lipinski definition) is 3. The molecule has 1 aromatic heterocycles. The summed E-state index contributed by atoms with van der Waals surface area (Å²) in [5, 5.41) is 13.4. The first kappa shape index (κ1) is 8.69. The Morgan fingerprint density at radius 2 is 2.08 bits per heavy atom. The standard InChI is InChI=1S/C9H15N3O/c1-12-9(10-6-11-12)7-2-4-8(13)5-3-7/h6-8,13H,2-5H2,1H3. The minimum absolute atomic E-state index is 0.0931. The second-order valence-corrected chi connectivity index (χ2v) is 3.75. The third kappa shape index (κ3) is 1.72. The molecule has 0 bridgehead atoms. The second kappa shape index (κ2) is 3.46. The third-order valence-electron chi connectivity index (χ3n) is 2.81. The van der Waals surface area contributed by atoms with E-state index < -0.39 is 0 Å². The van der Waals surface area contributed by atoms with E-state index in [9.17, 15) is 5.11 Å². The lowest BCUT2D eigenvalue weighted by Crippen LogP contribution is -2.19. The van der Waals surface area contributed by atoms with Gasteiger partial charge in [0, 0.05) is 13.0 Å². The van der Waals surface area contributed by atoms with E-state index in [0.717, 1.165) is 31.5 Å². The van der Waals surface area contributed by atoms with Crippen LogP contribution in [0.2, 0.25) is 0 Å². The summed E-state index contributed by atoms with van der Waals surface area (Å²) in [6.45, 7) is 0. The van der Waals surface area contributed by atoms with Crippen molar-refractivity contribution in [1.82, 2.24) is 14.8 Å². The zero-order valence-corrected chi connectivity index (χ0v) is 7.85. The van der Waals surface area contributed by atoms with E-state index in [0.29, 0.717) is 5.92 Å². The highest BCUT2D eigenvalue weighted by Crippen LogP contribution is 2.30. The maximum atomic E-state index is 9.35. The van der Waals surface area contributed by atoms with Crippen LogP contribution < -0.4 is 0 Å². The molecule has 1 aromatic rings. The molecule has 0 unspecified atom stereocenters. The quantitative estimate of drug-likeness (QED) is 0.698. The van der Waals surface area contributed by atoms with Crippen molar-refractivity contribution >= 4 is 0 Å². The number of hydrogen-bond donors (Lipinski definition) is 1. The van der Waals surface area contributed by atoms with Crippen molar-refractivity contribution in [3.8, 4) is 0 Å². The molecule has 0 radical (unpaired) electrons. The number of aromatic nitrogens is 3. The lowest BCUT2D eigenvalue weighted by molar-refractivity contribution is 0.120. The molecule has 0 amide bonds. The minimum atomic E-state index is -0.0931. The van der Waals surface area contributed by atoms with Gasteiger partial charge in [-0.15, -0.1) is 0 Å². The SMILES string of the molecule is Cn1ncnc1C1CCC(O)CC1. The van der Waals surface area contributed by atoms with Crippen molar-refractivity contribution in [2.24, 2.45) is 7.05 Å². The molecule has 1 fully saturated rings. The topological polar surface area (TPSA) is 50.9 Å². The van der Waals surface area contributed by atoms with Gasteiger partial charge in [0.15, 0.2) is 0 Å². The zero-order valence-electron chi connectivity index (χ0n) is 7.85. The number of aliphatic hydroxyl groups is 1. The maximum absolute atomic E-state index is 9.35. The summed E-state index contributed by atoms with van der Waals surface area (Å²) in [5.74, 6) is 1.56. The Hall–Kier alpha value is -0.900. The molecular weight excluding hydrogens is 166 g/mol. The number of nitrogens with zero attached hydrogens (tertiary/aromatic N) is 3. The average Bonchev–Trinajstić information content (AvgIpc) is 2.53. The molecule has 0 saturated heterocycles. The molecule has 0 atom stereocenters. The Morgan fingerprint density at radius 3 is 2.62 bits per heavy atom. The Labute approximate surface area is 77.6 Å². The van der Waals surface area contributed by atoms with Crippen molar-refractivity contribution < 1.29 is 5.11 Å². The van der Waals surface area contributed by atoms with Gasteiger partial charge < -0.3 is 5.11 Å². The van der Waals surface area contributed by atoms with E-state index in [4.69, 9.17) is 0 Å². The van der Waals surface area contributed by atoms with Gasteiger partial charge in [0.25, 0.3) is 0 Å². The van der Waals surface area contributed by atoms with Crippen LogP contribution in [0.1, 0.15) is 37.4 Å². The fourth-order valence-corrected chi connectivity index (χ4v) is 2.01. The first-order valence-electron chi connectivity index (χ1n) is 4.79. The molecule has 2 rings (SSSR count). The van der Waals surface area contributed by atoms with Gasteiger partial charge in [0.2, 0.25) is 0 Å². The van der Waals surface area contributed by atoms with Crippen molar-refractivity contribution in [3.05, 3.63) is 12.2 Å². The first-order chi connectivity index (χ1) is 6.27. The van der Waals surface area contributed by atoms with Crippen LogP contribution in [0, 0.1) is 0 Å². The summed E-state index contributed by atoms with van der Waals surface area (Å²) in [7, 11) is 1.92. The van der Waals surface area contributed by atoms with Crippen LogP contribution in [0.5, 0.6) is 0 Å². The van der Waals surface area contributed by atoms with Crippen molar-refractivity contribution in [3.63, 3.8) is 0 Å². The molecule has 1 N–H and O–H groups in total. The Morgan fingerprint density at radius 1 is 1.38 bits per heavy atom. The molecular formula is C9H15N3O. The monoisotopic (exact) mass is 181 g/mol. The molecule has 4 nitrogen and oxygen atoms in total. The highest BCUT2D eigenvalue weighted by Gasteiger charge is 2.23. The van der Waals surface area contributed by atoms with Crippen LogP contribution in [-0.4, -0.2) is 26.0 Å². The third-order valence-corrected chi connectivity index (χ3v) is 2.81. The van der Waals surface area contributed by atoms with Gasteiger partial charge >= 0.3 is 0 Å². The van der Waals surface area contributed by atoms with E-state index in [2.05, 4.69) is 10.1 Å². The van der Waals surface area contributed by atoms with E-state index in [1.54, 1.807) is 6.33 Å². The van der Waals surface area contributed by atoms with Crippen LogP contribution in [0.4, 0.5) is 0 Å². The number of rotatable bonds is 1. The van der Waals surface area contributed by atoms with Crippen LogP contribution in [0.3, 0.4) is 0 Å². The Kier molecular flexibility index (Phi) is 2.31. The van der Waals surface area contributed by atoms with Gasteiger partial charge in [0.1, 0.15) is 12.2 Å². The molecule has 72 valence electrons. The number of aliphatic hydroxyl groups excluding tert-OH is 1. The summed E-state index contributed by atoms with van der Waals surface area (Å²) in [6.07, 6.45) is 5.38. The van der Waals surface area contributed by atoms with Crippen molar-refractivity contribution in [2.45, 2.75) is 37.7 Å². The molecule has 4 heteroatoms. The summed E-state index contributed by atoms with van der Waals surface area (Å²) in [4.78, 5) is 4.23. The molecule has 1 saturated carbocycles. The van der Waals surface area contributed by atoms with Crippen molar-refractivity contribution in [1.29, 1.82) is 0 Å². The van der Waals surface area contributed by atoms with Gasteiger partial charge in [-0.25, -0.2) is 4.98 Å². The Balaban J connectivity index is 2.06. The van der Waals surface area contributed by atoms with Gasteiger partial charge in [0.05, 0.1) is 6.10 Å². The smallest absolute Gasteiger partial charge is 0.138 e. The summed E-state index contributed by atoms with van der Waals surface area (Å²) < 4.78 is 1.84. The molecule has 0 spiro atoms. The van der Waals surface area contributed by atoms with E-state index in [-0.39, 0.29) is 6.10 Å². The van der Waals surface area contributed by atoms with Gasteiger partial charge in [-0.05, 0) is 25.7 Å². The van der Waals surface area contributed by atoms with Crippen LogP contribution in [0.15, 0.2) is 6.33 Å². The average molecular weight is 181 g/mol. The molecule has 0 aliphatic heterocycles. The highest BCUT2D eigenvalue weighted by molar-refractivity contribution is 4.97. The largest absolute Gasteiger partial charge is 0.393 e. The zero-order chi connectivity index (χ0) is 9.26. The predicted octanol–water partition coefficient (Wildman–Crippen LogP) is 0.834.